The number of unbranched alkanes of at least 4 members (excludes halogenated alkanes) is 30. The maximum absolute atomic E-state index is 9.47. The highest BCUT2D eigenvalue weighted by Crippen LogP contribution is 2.33. The minimum atomic E-state index is -4.15. The minimum Gasteiger partial charge on any atom is -0.303 e. The molecule has 294 valence electrons. The summed E-state index contributed by atoms with van der Waals surface area (Å²) in [5, 5.41) is 0. The normalized spacial score (nSPS) is 11.5. The van der Waals surface area contributed by atoms with Crippen LogP contribution in [0.25, 0.3) is 0 Å². The monoisotopic (exact) mass is 741 g/mol. The third-order valence-corrected chi connectivity index (χ3v) is 12.1. The van der Waals surface area contributed by atoms with Gasteiger partial charge in [-0.15, -0.1) is 15.8 Å². The van der Waals surface area contributed by atoms with Crippen LogP contribution in [0.15, 0.2) is 0 Å². The molecule has 0 bridgehead atoms. The second kappa shape index (κ2) is 46.0. The van der Waals surface area contributed by atoms with Crippen molar-refractivity contribution in [3.63, 3.8) is 0 Å². The lowest BCUT2D eigenvalue weighted by atomic mass is 10.0. The lowest BCUT2D eigenvalue weighted by Gasteiger charge is -2.05. The van der Waals surface area contributed by atoms with Crippen molar-refractivity contribution in [2.24, 2.45) is 0 Å². The second-order valence-electron chi connectivity index (χ2n) is 14.9. The van der Waals surface area contributed by atoms with Gasteiger partial charge in [0, 0.05) is 7.11 Å². The molecule has 0 saturated carbocycles. The summed E-state index contributed by atoms with van der Waals surface area (Å²) < 4.78 is 13.1. The molecule has 0 rings (SSSR count). The van der Waals surface area contributed by atoms with Crippen molar-refractivity contribution in [1.82, 2.24) is 0 Å². The molecule has 0 aliphatic carbocycles. The molecule has 0 atom stereocenters. The molecule has 0 spiro atoms. The minimum absolute atomic E-state index is 0.357. The van der Waals surface area contributed by atoms with Crippen molar-refractivity contribution in [3.05, 3.63) is 0 Å². The standard InChI is InChI=1S/2C20H43P.CH5O4P/c2*1-4-5-6-7-8-9-10-11-12-13-14-15-16-17-18-19-20-21(2)3;1-5-6(2,3)4/h2*4-20H2,1-3H3;1H3,(H2,2,3,4). The van der Waals surface area contributed by atoms with Crippen LogP contribution in [-0.4, -0.2) is 55.9 Å². The number of rotatable bonds is 35. The molecule has 7 heteroatoms. The third kappa shape index (κ3) is 62.1. The molecular formula is C41H91O4P3. The van der Waals surface area contributed by atoms with Crippen LogP contribution in [0.1, 0.15) is 219 Å². The molecule has 4 nitrogen and oxygen atoms in total. The Morgan fingerprint density at radius 3 is 0.646 bits per heavy atom. The van der Waals surface area contributed by atoms with Crippen LogP contribution in [0.5, 0.6) is 0 Å². The molecule has 0 aromatic heterocycles. The predicted octanol–water partition coefficient (Wildman–Crippen LogP) is 15.7. The summed E-state index contributed by atoms with van der Waals surface area (Å²) in [6.07, 6.45) is 50.2. The molecule has 0 amide bonds. The van der Waals surface area contributed by atoms with Crippen LogP contribution in [0.4, 0.5) is 0 Å². The smallest absolute Gasteiger partial charge is 0.303 e. The van der Waals surface area contributed by atoms with Crippen molar-refractivity contribution in [1.29, 1.82) is 0 Å². The summed E-state index contributed by atoms with van der Waals surface area (Å²) >= 11 is 0. The third-order valence-electron chi connectivity index (χ3n) is 9.16. The fourth-order valence-electron chi connectivity index (χ4n) is 5.95. The number of hydrogen-bond acceptors (Lipinski definition) is 2. The zero-order valence-corrected chi connectivity index (χ0v) is 36.8. The molecule has 0 unspecified atom stereocenters. The highest BCUT2D eigenvalue weighted by Gasteiger charge is 2.07. The first-order valence-electron chi connectivity index (χ1n) is 21.0. The maximum atomic E-state index is 9.47. The van der Waals surface area contributed by atoms with E-state index >= 15 is 0 Å². The van der Waals surface area contributed by atoms with E-state index in [0.29, 0.717) is 15.8 Å². The van der Waals surface area contributed by atoms with E-state index in [-0.39, 0.29) is 0 Å². The van der Waals surface area contributed by atoms with Crippen molar-refractivity contribution < 1.29 is 18.9 Å². The highest BCUT2D eigenvalue weighted by molar-refractivity contribution is 7.56. The van der Waals surface area contributed by atoms with Crippen molar-refractivity contribution in [2.45, 2.75) is 219 Å². The highest BCUT2D eigenvalue weighted by atomic mass is 31.2. The molecule has 0 aromatic rings. The van der Waals surface area contributed by atoms with Gasteiger partial charge in [-0.3, -0.25) is 4.52 Å². The first kappa shape index (κ1) is 53.3. The topological polar surface area (TPSA) is 66.8 Å². The lowest BCUT2D eigenvalue weighted by Crippen LogP contribution is -1.85. The molecule has 0 heterocycles. The summed E-state index contributed by atoms with van der Waals surface area (Å²) in [6, 6.07) is 0. The average Bonchev–Trinajstić information content (AvgIpc) is 3.04. The summed E-state index contributed by atoms with van der Waals surface area (Å²) in [7, 11) is -2.49. The van der Waals surface area contributed by atoms with Crippen LogP contribution in [0.3, 0.4) is 0 Å². The Kier molecular flexibility index (Phi) is 51.1. The van der Waals surface area contributed by atoms with E-state index < -0.39 is 7.82 Å². The summed E-state index contributed by atoms with van der Waals surface area (Å²) in [5.74, 6) is 0. The predicted molar refractivity (Wildman–Crippen MR) is 225 cm³/mol. The fourth-order valence-corrected chi connectivity index (χ4v) is 7.66. The van der Waals surface area contributed by atoms with Crippen LogP contribution >= 0.6 is 23.7 Å². The first-order valence-corrected chi connectivity index (χ1v) is 27.4. The Hall–Kier alpha value is 0.970. The largest absolute Gasteiger partial charge is 0.469 e. The van der Waals surface area contributed by atoms with Gasteiger partial charge in [-0.25, -0.2) is 4.57 Å². The lowest BCUT2D eigenvalue weighted by molar-refractivity contribution is 0.235. The van der Waals surface area contributed by atoms with E-state index in [1.165, 1.54) is 218 Å². The van der Waals surface area contributed by atoms with E-state index in [2.05, 4.69) is 45.0 Å². The summed E-state index contributed by atoms with van der Waals surface area (Å²) in [6.45, 7) is 14.2. The molecule has 48 heavy (non-hydrogen) atoms. The van der Waals surface area contributed by atoms with Crippen LogP contribution in [0.2, 0.25) is 0 Å². The van der Waals surface area contributed by atoms with Gasteiger partial charge >= 0.3 is 7.82 Å². The Labute approximate surface area is 307 Å². The summed E-state index contributed by atoms with van der Waals surface area (Å²) in [5.41, 5.74) is 0. The van der Waals surface area contributed by atoms with Crippen LogP contribution in [-0.2, 0) is 9.09 Å². The van der Waals surface area contributed by atoms with E-state index in [9.17, 15) is 4.57 Å². The Morgan fingerprint density at radius 1 is 0.375 bits per heavy atom. The van der Waals surface area contributed by atoms with Gasteiger partial charge in [-0.2, -0.15) is 0 Å². The Bertz CT molecular complexity index is 558. The molecular weight excluding hydrogens is 649 g/mol. The molecule has 0 fully saturated rings. The van der Waals surface area contributed by atoms with Gasteiger partial charge in [-0.1, -0.05) is 206 Å². The molecule has 0 radical (unpaired) electrons. The van der Waals surface area contributed by atoms with Gasteiger partial charge in [0.15, 0.2) is 0 Å². The van der Waals surface area contributed by atoms with Gasteiger partial charge in [0.25, 0.3) is 0 Å². The molecule has 0 aliphatic heterocycles. The van der Waals surface area contributed by atoms with Crippen molar-refractivity contribution in [3.8, 4) is 0 Å². The van der Waals surface area contributed by atoms with E-state index in [1.54, 1.807) is 0 Å². The quantitative estimate of drug-likeness (QED) is 0.0501. The van der Waals surface area contributed by atoms with Gasteiger partial charge in [0.2, 0.25) is 0 Å². The zero-order chi connectivity index (χ0) is 36.4. The molecule has 0 aliphatic rings. The van der Waals surface area contributed by atoms with Crippen molar-refractivity contribution >= 4 is 23.7 Å². The van der Waals surface area contributed by atoms with E-state index in [4.69, 9.17) is 9.79 Å². The van der Waals surface area contributed by atoms with E-state index in [1.807, 2.05) is 0 Å². The van der Waals surface area contributed by atoms with Gasteiger partial charge < -0.3 is 9.79 Å². The average molecular weight is 741 g/mol. The first-order chi connectivity index (χ1) is 23.1. The maximum Gasteiger partial charge on any atom is 0.469 e. The Morgan fingerprint density at radius 2 is 0.521 bits per heavy atom. The number of phosphoric ester groups is 1. The van der Waals surface area contributed by atoms with Gasteiger partial charge in [-0.05, 0) is 51.8 Å². The number of hydrogen-bond donors (Lipinski definition) is 2. The van der Waals surface area contributed by atoms with E-state index in [0.717, 1.165) is 7.11 Å². The molecule has 0 aromatic carbocycles. The van der Waals surface area contributed by atoms with Gasteiger partial charge in [0.05, 0.1) is 0 Å². The molecule has 2 N–H and O–H groups in total. The Balaban J connectivity index is -0.000000720. The number of phosphoric acid groups is 1. The SMILES string of the molecule is CCCCCCCCCCCCCCCCCCP(C)C.CCCCCCCCCCCCCCCCCCP(C)C.COP(=O)(O)O. The van der Waals surface area contributed by atoms with Gasteiger partial charge in [0.1, 0.15) is 0 Å². The summed E-state index contributed by atoms with van der Waals surface area (Å²) in [4.78, 5) is 15.4. The zero-order valence-electron chi connectivity index (χ0n) is 34.1. The van der Waals surface area contributed by atoms with Crippen molar-refractivity contribution in [2.75, 3.05) is 46.1 Å². The fraction of sp³-hybridized carbons (Fsp3) is 1.00. The van der Waals surface area contributed by atoms with Crippen LogP contribution in [0, 0.1) is 0 Å². The molecule has 0 saturated heterocycles. The van der Waals surface area contributed by atoms with Crippen LogP contribution < -0.4 is 0 Å². The second-order valence-corrected chi connectivity index (χ2v) is 21.4.